The first kappa shape index (κ1) is 38.8. The van der Waals surface area contributed by atoms with Crippen LogP contribution >= 0.6 is 0 Å². The predicted molar refractivity (Wildman–Crippen MR) is 289 cm³/mol. The highest BCUT2D eigenvalue weighted by atomic mass is 16.3. The molecule has 0 bridgehead atoms. The Hall–Kier alpha value is -9.26. The monoisotopic (exact) mass is 900 g/mol. The Morgan fingerprint density at radius 2 is 0.729 bits per heavy atom. The summed E-state index contributed by atoms with van der Waals surface area (Å²) in [6.07, 6.45) is 0. The number of aryl methyl sites for hydroxylation is 2. The van der Waals surface area contributed by atoms with Crippen LogP contribution in [-0.2, 0) is 0 Å². The molecule has 0 spiro atoms. The molecule has 11 aromatic carbocycles. The third-order valence-corrected chi connectivity index (χ3v) is 14.4. The molecule has 0 saturated heterocycles. The largest absolute Gasteiger partial charge is 0.456 e. The lowest BCUT2D eigenvalue weighted by Gasteiger charge is -2.28. The number of nitrogens with zero attached hydrogens (tertiary/aromatic N) is 2. The molecule has 0 radical (unpaired) electrons. The van der Waals surface area contributed by atoms with Crippen molar-refractivity contribution in [3.63, 3.8) is 0 Å². The maximum Gasteiger partial charge on any atom is 0.147 e. The summed E-state index contributed by atoms with van der Waals surface area (Å²) >= 11 is 0. The number of benzene rings is 11. The molecule has 330 valence electrons. The second-order valence-corrected chi connectivity index (χ2v) is 18.5. The van der Waals surface area contributed by atoms with Gasteiger partial charge in [0.25, 0.3) is 0 Å². The van der Waals surface area contributed by atoms with Crippen LogP contribution in [0.3, 0.4) is 0 Å². The van der Waals surface area contributed by atoms with E-state index < -0.39 is 0 Å². The number of fused-ring (bicyclic) bond motifs is 15. The van der Waals surface area contributed by atoms with Crippen molar-refractivity contribution in [1.82, 2.24) is 0 Å². The van der Waals surface area contributed by atoms with Gasteiger partial charge in [-0.25, -0.2) is 0 Å². The smallest absolute Gasteiger partial charge is 0.147 e. The Morgan fingerprint density at radius 1 is 0.271 bits per heavy atom. The van der Waals surface area contributed by atoms with E-state index in [2.05, 4.69) is 206 Å². The van der Waals surface area contributed by atoms with Gasteiger partial charge in [0.15, 0.2) is 0 Å². The summed E-state index contributed by atoms with van der Waals surface area (Å²) in [5.74, 6) is 0. The minimum absolute atomic E-state index is 0.791. The van der Waals surface area contributed by atoms with Crippen LogP contribution in [0.2, 0.25) is 0 Å². The van der Waals surface area contributed by atoms with Crippen molar-refractivity contribution in [3.8, 4) is 0 Å². The summed E-state index contributed by atoms with van der Waals surface area (Å²) in [6, 6.07) is 72.9. The van der Waals surface area contributed by atoms with Crippen LogP contribution in [0.15, 0.2) is 224 Å². The maximum atomic E-state index is 6.95. The Bertz CT molecular complexity index is 4660. The highest BCUT2D eigenvalue weighted by molar-refractivity contribution is 6.24. The minimum Gasteiger partial charge on any atom is -0.456 e. The number of para-hydroxylation sites is 4. The molecule has 15 rings (SSSR count). The van der Waals surface area contributed by atoms with Crippen LogP contribution in [-0.4, -0.2) is 0 Å². The second kappa shape index (κ2) is 14.6. The zero-order valence-electron chi connectivity index (χ0n) is 38.2. The summed E-state index contributed by atoms with van der Waals surface area (Å²) in [5, 5.41) is 12.9. The van der Waals surface area contributed by atoms with Crippen molar-refractivity contribution in [2.75, 3.05) is 9.80 Å². The topological polar surface area (TPSA) is 59.0 Å². The lowest BCUT2D eigenvalue weighted by molar-refractivity contribution is 0.663. The Labute approximate surface area is 400 Å². The molecule has 0 N–H and O–H groups in total. The van der Waals surface area contributed by atoms with Gasteiger partial charge in [-0.15, -0.1) is 0 Å². The van der Waals surface area contributed by atoms with Crippen LogP contribution in [0.25, 0.3) is 109 Å². The van der Waals surface area contributed by atoms with Crippen molar-refractivity contribution >= 4 is 143 Å². The minimum atomic E-state index is 0.791. The molecule has 6 heteroatoms. The molecule has 0 fully saturated rings. The fourth-order valence-electron chi connectivity index (χ4n) is 11.2. The van der Waals surface area contributed by atoms with Gasteiger partial charge >= 0.3 is 0 Å². The average Bonchev–Trinajstić information content (AvgIpc) is 4.16. The normalized spacial score (nSPS) is 12.1. The summed E-state index contributed by atoms with van der Waals surface area (Å²) in [7, 11) is 0. The fourth-order valence-corrected chi connectivity index (χ4v) is 11.2. The van der Waals surface area contributed by atoms with Gasteiger partial charge in [-0.1, -0.05) is 97.1 Å². The Balaban J connectivity index is 0.875. The molecule has 0 saturated carbocycles. The molecular weight excluding hydrogens is 861 g/mol. The number of furan rings is 4. The summed E-state index contributed by atoms with van der Waals surface area (Å²) in [5.41, 5.74) is 15.5. The zero-order chi connectivity index (χ0) is 46.2. The van der Waals surface area contributed by atoms with E-state index in [4.69, 9.17) is 17.7 Å². The van der Waals surface area contributed by atoms with Gasteiger partial charge < -0.3 is 27.5 Å². The van der Waals surface area contributed by atoms with Crippen molar-refractivity contribution in [2.24, 2.45) is 0 Å². The van der Waals surface area contributed by atoms with Crippen LogP contribution in [0, 0.1) is 13.8 Å². The first-order valence-electron chi connectivity index (χ1n) is 23.7. The highest BCUT2D eigenvalue weighted by Gasteiger charge is 2.24. The second-order valence-electron chi connectivity index (χ2n) is 18.5. The Kier molecular flexibility index (Phi) is 8.10. The van der Waals surface area contributed by atoms with Crippen molar-refractivity contribution in [2.45, 2.75) is 13.8 Å². The van der Waals surface area contributed by atoms with Crippen LogP contribution in [0.5, 0.6) is 0 Å². The molecule has 6 nitrogen and oxygen atoms in total. The van der Waals surface area contributed by atoms with E-state index in [-0.39, 0.29) is 0 Å². The quantitative estimate of drug-likeness (QED) is 0.166. The van der Waals surface area contributed by atoms with E-state index >= 15 is 0 Å². The molecule has 0 amide bonds. The first-order valence-corrected chi connectivity index (χ1v) is 23.7. The molecule has 70 heavy (non-hydrogen) atoms. The lowest BCUT2D eigenvalue weighted by Crippen LogP contribution is -2.11. The molecular formula is C64H40N2O4. The van der Waals surface area contributed by atoms with E-state index in [0.29, 0.717) is 0 Å². The third kappa shape index (κ3) is 5.68. The van der Waals surface area contributed by atoms with E-state index in [0.717, 1.165) is 143 Å². The standard InChI is InChI=1S/C64H40N2O4/c1-37-13-3-7-17-50(37)65(52-19-11-23-56-61(52)46-15-5-9-21-54(46)67-56)43-27-25-39-33-48-45-29-30-58-63(64(45)70-59(48)35-41(39)31-43)49-34-40-26-28-44(32-42(40)36-60(49)69-58)66(51-18-8-4-14-38(51)2)53-20-12-24-57-62(53)47-16-6-10-22-55(47)68-57/h3-36H,1-2H3. The first-order chi connectivity index (χ1) is 34.5. The van der Waals surface area contributed by atoms with E-state index in [1.807, 2.05) is 24.3 Å². The van der Waals surface area contributed by atoms with Crippen molar-refractivity contribution in [3.05, 3.63) is 217 Å². The molecule has 0 aliphatic rings. The molecule has 0 aliphatic carbocycles. The molecule has 15 aromatic rings. The summed E-state index contributed by atoms with van der Waals surface area (Å²) in [6.45, 7) is 4.33. The summed E-state index contributed by atoms with van der Waals surface area (Å²) in [4.78, 5) is 4.72. The van der Waals surface area contributed by atoms with E-state index in [9.17, 15) is 0 Å². The average molecular weight is 901 g/mol. The van der Waals surface area contributed by atoms with Gasteiger partial charge in [-0.2, -0.15) is 0 Å². The number of rotatable bonds is 6. The molecule has 0 atom stereocenters. The SMILES string of the molecule is Cc1ccccc1N(c1ccc2cc3c(cc2c1)oc1c3ccc2oc3cc4cc(N(c5ccccc5C)c5cccc6oc7ccccc7c56)ccc4cc3c21)c1cccc2oc3ccccc3c12. The summed E-state index contributed by atoms with van der Waals surface area (Å²) < 4.78 is 26.4. The van der Waals surface area contributed by atoms with E-state index in [1.54, 1.807) is 0 Å². The van der Waals surface area contributed by atoms with Gasteiger partial charge in [0.1, 0.15) is 44.7 Å². The van der Waals surface area contributed by atoms with Gasteiger partial charge in [0.05, 0.1) is 27.5 Å². The predicted octanol–water partition coefficient (Wildman–Crippen LogP) is 19.1. The van der Waals surface area contributed by atoms with E-state index in [1.165, 1.54) is 11.1 Å². The number of hydrogen-bond acceptors (Lipinski definition) is 6. The van der Waals surface area contributed by atoms with Crippen LogP contribution in [0.1, 0.15) is 11.1 Å². The molecule has 4 aromatic heterocycles. The van der Waals surface area contributed by atoms with Crippen LogP contribution < -0.4 is 9.80 Å². The van der Waals surface area contributed by atoms with Gasteiger partial charge in [0.2, 0.25) is 0 Å². The molecule has 0 aliphatic heterocycles. The zero-order valence-corrected chi connectivity index (χ0v) is 38.2. The van der Waals surface area contributed by atoms with Gasteiger partial charge in [-0.05, 0) is 156 Å². The number of anilines is 6. The number of hydrogen-bond donors (Lipinski definition) is 0. The highest BCUT2D eigenvalue weighted by Crippen LogP contribution is 2.48. The third-order valence-electron chi connectivity index (χ3n) is 14.4. The van der Waals surface area contributed by atoms with Gasteiger partial charge in [-0.3, -0.25) is 0 Å². The van der Waals surface area contributed by atoms with Crippen molar-refractivity contribution < 1.29 is 17.7 Å². The maximum absolute atomic E-state index is 6.95. The fraction of sp³-hybridized carbons (Fsp3) is 0.0312. The van der Waals surface area contributed by atoms with Crippen molar-refractivity contribution in [1.29, 1.82) is 0 Å². The van der Waals surface area contributed by atoms with Crippen LogP contribution in [0.4, 0.5) is 34.1 Å². The van der Waals surface area contributed by atoms with Gasteiger partial charge in [0, 0.05) is 49.7 Å². The Morgan fingerprint density at radius 3 is 1.30 bits per heavy atom. The molecule has 0 unspecified atom stereocenters. The lowest BCUT2D eigenvalue weighted by atomic mass is 10.0. The molecule has 4 heterocycles.